The second-order valence-corrected chi connectivity index (χ2v) is 6.33. The molecule has 17 heavy (non-hydrogen) atoms. The molecule has 1 aliphatic carbocycles. The van der Waals surface area contributed by atoms with E-state index in [-0.39, 0.29) is 33.6 Å². The van der Waals surface area contributed by atoms with E-state index in [1.807, 2.05) is 0 Å². The molecule has 94 valence electrons. The summed E-state index contributed by atoms with van der Waals surface area (Å²) >= 11 is 11.3. The van der Waals surface area contributed by atoms with E-state index in [4.69, 9.17) is 28.3 Å². The highest BCUT2D eigenvalue weighted by Gasteiger charge is 2.39. The number of pyridine rings is 1. The molecule has 0 amide bonds. The number of aliphatic hydroxyl groups excluding tert-OH is 1. The van der Waals surface area contributed by atoms with Crippen molar-refractivity contribution < 1.29 is 13.5 Å². The van der Waals surface area contributed by atoms with Gasteiger partial charge >= 0.3 is 0 Å². The third-order valence-electron chi connectivity index (χ3n) is 2.55. The molecule has 1 saturated carbocycles. The quantitative estimate of drug-likeness (QED) is 0.814. The summed E-state index contributed by atoms with van der Waals surface area (Å²) in [6.07, 6.45) is 1.79. The Morgan fingerprint density at radius 2 is 2.24 bits per heavy atom. The van der Waals surface area contributed by atoms with Crippen molar-refractivity contribution in [3.05, 3.63) is 22.4 Å². The monoisotopic (exact) mass is 296 g/mol. The fraction of sp³-hybridized carbons (Fsp3) is 0.444. The van der Waals surface area contributed by atoms with Gasteiger partial charge in [-0.2, -0.15) is 0 Å². The van der Waals surface area contributed by atoms with Gasteiger partial charge in [0.05, 0.1) is 5.02 Å². The molecular weight excluding hydrogens is 287 g/mol. The van der Waals surface area contributed by atoms with Crippen molar-refractivity contribution in [3.8, 4) is 0 Å². The van der Waals surface area contributed by atoms with E-state index in [0.29, 0.717) is 6.42 Å². The van der Waals surface area contributed by atoms with Crippen LogP contribution in [-0.4, -0.2) is 31.2 Å². The first-order chi connectivity index (χ1) is 7.94. The van der Waals surface area contributed by atoms with E-state index in [2.05, 4.69) is 9.71 Å². The SMILES string of the molecule is O=S(=O)(N[C@H]1C[C@@H]1CO)c1cnc(Cl)c(Cl)c1. The number of halogens is 2. The van der Waals surface area contributed by atoms with Gasteiger partial charge in [-0.05, 0) is 18.4 Å². The highest BCUT2D eigenvalue weighted by Crippen LogP contribution is 2.31. The van der Waals surface area contributed by atoms with Crippen LogP contribution >= 0.6 is 23.2 Å². The van der Waals surface area contributed by atoms with Gasteiger partial charge in [0.15, 0.2) is 0 Å². The number of nitrogens with one attached hydrogen (secondary N) is 1. The normalized spacial score (nSPS) is 23.7. The average molecular weight is 297 g/mol. The fourth-order valence-corrected chi connectivity index (χ4v) is 3.03. The Morgan fingerprint density at radius 3 is 2.76 bits per heavy atom. The molecule has 1 aliphatic rings. The van der Waals surface area contributed by atoms with Crippen LogP contribution in [0.1, 0.15) is 6.42 Å². The topological polar surface area (TPSA) is 79.3 Å². The Labute approximate surface area is 109 Å². The van der Waals surface area contributed by atoms with Crippen molar-refractivity contribution in [3.63, 3.8) is 0 Å². The molecule has 0 saturated heterocycles. The lowest BCUT2D eigenvalue weighted by Crippen LogP contribution is -2.27. The lowest BCUT2D eigenvalue weighted by Gasteiger charge is -2.06. The van der Waals surface area contributed by atoms with Crippen LogP contribution in [0.3, 0.4) is 0 Å². The molecule has 0 aromatic carbocycles. The first-order valence-electron chi connectivity index (χ1n) is 4.88. The van der Waals surface area contributed by atoms with Crippen LogP contribution in [-0.2, 0) is 10.0 Å². The van der Waals surface area contributed by atoms with Gasteiger partial charge in [-0.25, -0.2) is 18.1 Å². The fourth-order valence-electron chi connectivity index (χ4n) is 1.41. The second kappa shape index (κ2) is 4.70. The molecular formula is C9H10Cl2N2O3S. The second-order valence-electron chi connectivity index (χ2n) is 3.85. The minimum atomic E-state index is -3.65. The van der Waals surface area contributed by atoms with Gasteiger partial charge in [0.25, 0.3) is 0 Å². The van der Waals surface area contributed by atoms with Crippen molar-refractivity contribution in [2.45, 2.75) is 17.4 Å². The number of sulfonamides is 1. The van der Waals surface area contributed by atoms with Crippen LogP contribution in [0.15, 0.2) is 17.2 Å². The zero-order valence-electron chi connectivity index (χ0n) is 8.60. The smallest absolute Gasteiger partial charge is 0.242 e. The molecule has 0 unspecified atom stereocenters. The number of aliphatic hydroxyl groups is 1. The van der Waals surface area contributed by atoms with Crippen LogP contribution < -0.4 is 4.72 Å². The van der Waals surface area contributed by atoms with Gasteiger partial charge in [0.1, 0.15) is 10.0 Å². The average Bonchev–Trinajstić information content (AvgIpc) is 2.99. The third-order valence-corrected chi connectivity index (χ3v) is 4.69. The van der Waals surface area contributed by atoms with Crippen molar-refractivity contribution in [2.24, 2.45) is 5.92 Å². The summed E-state index contributed by atoms with van der Waals surface area (Å²) in [5.74, 6) is 0.000469. The highest BCUT2D eigenvalue weighted by atomic mass is 35.5. The summed E-state index contributed by atoms with van der Waals surface area (Å²) in [4.78, 5) is 3.64. The minimum absolute atomic E-state index is 0.000469. The van der Waals surface area contributed by atoms with Gasteiger partial charge in [-0.1, -0.05) is 23.2 Å². The van der Waals surface area contributed by atoms with Gasteiger partial charge in [0.2, 0.25) is 10.0 Å². The van der Waals surface area contributed by atoms with Crippen molar-refractivity contribution >= 4 is 33.2 Å². The number of nitrogens with zero attached hydrogens (tertiary/aromatic N) is 1. The maximum absolute atomic E-state index is 11.9. The predicted molar refractivity (Wildman–Crippen MR) is 63.6 cm³/mol. The van der Waals surface area contributed by atoms with E-state index in [1.165, 1.54) is 6.07 Å². The van der Waals surface area contributed by atoms with Gasteiger partial charge in [-0.15, -0.1) is 0 Å². The highest BCUT2D eigenvalue weighted by molar-refractivity contribution is 7.89. The number of aromatic nitrogens is 1. The largest absolute Gasteiger partial charge is 0.396 e. The van der Waals surface area contributed by atoms with E-state index in [0.717, 1.165) is 6.20 Å². The molecule has 0 radical (unpaired) electrons. The van der Waals surface area contributed by atoms with Gasteiger partial charge < -0.3 is 5.11 Å². The van der Waals surface area contributed by atoms with Crippen LogP contribution in [0.2, 0.25) is 10.2 Å². The lowest BCUT2D eigenvalue weighted by atomic mass is 10.4. The zero-order valence-corrected chi connectivity index (χ0v) is 10.9. The van der Waals surface area contributed by atoms with Crippen molar-refractivity contribution in [1.82, 2.24) is 9.71 Å². The summed E-state index contributed by atoms with van der Waals surface area (Å²) < 4.78 is 26.2. The van der Waals surface area contributed by atoms with E-state index in [9.17, 15) is 8.42 Å². The van der Waals surface area contributed by atoms with E-state index < -0.39 is 10.0 Å². The Kier molecular flexibility index (Phi) is 3.61. The molecule has 0 aliphatic heterocycles. The summed E-state index contributed by atoms with van der Waals surface area (Å²) in [7, 11) is -3.65. The number of hydrogen-bond donors (Lipinski definition) is 2. The molecule has 2 N–H and O–H groups in total. The Balaban J connectivity index is 2.17. The molecule has 1 aromatic rings. The van der Waals surface area contributed by atoms with Crippen LogP contribution in [0.4, 0.5) is 0 Å². The van der Waals surface area contributed by atoms with Crippen molar-refractivity contribution in [1.29, 1.82) is 0 Å². The molecule has 0 spiro atoms. The third kappa shape index (κ3) is 2.89. The maximum Gasteiger partial charge on any atom is 0.242 e. The van der Waals surface area contributed by atoms with Gasteiger partial charge in [0, 0.05) is 18.8 Å². The Hall–Kier alpha value is -0.400. The molecule has 1 aromatic heterocycles. The first kappa shape index (κ1) is 13.0. The molecule has 1 heterocycles. The molecule has 2 atom stereocenters. The molecule has 1 fully saturated rings. The Bertz CT molecular complexity index is 535. The van der Waals surface area contributed by atoms with E-state index >= 15 is 0 Å². The predicted octanol–water partition coefficient (Wildman–Crippen LogP) is 1.05. The van der Waals surface area contributed by atoms with E-state index in [1.54, 1.807) is 0 Å². The van der Waals surface area contributed by atoms with Crippen LogP contribution in [0.25, 0.3) is 0 Å². The number of hydrogen-bond acceptors (Lipinski definition) is 4. The Morgan fingerprint density at radius 1 is 1.53 bits per heavy atom. The maximum atomic E-state index is 11.9. The minimum Gasteiger partial charge on any atom is -0.396 e. The molecule has 8 heteroatoms. The number of rotatable bonds is 4. The van der Waals surface area contributed by atoms with Gasteiger partial charge in [-0.3, -0.25) is 0 Å². The summed E-state index contributed by atoms with van der Waals surface area (Å²) in [5.41, 5.74) is 0. The molecule has 5 nitrogen and oxygen atoms in total. The molecule has 2 rings (SSSR count). The van der Waals surface area contributed by atoms with Crippen molar-refractivity contribution in [2.75, 3.05) is 6.61 Å². The summed E-state index contributed by atoms with van der Waals surface area (Å²) in [5, 5.41) is 8.99. The standard InChI is InChI=1S/C9H10Cl2N2O3S/c10-7-2-6(3-12-9(7)11)17(15,16)13-8-1-5(8)4-14/h2-3,5,8,13-14H,1,4H2/t5-,8+/m1/s1. The summed E-state index contributed by atoms with van der Waals surface area (Å²) in [6, 6.07) is 1.04. The zero-order chi connectivity index (χ0) is 12.6. The first-order valence-corrected chi connectivity index (χ1v) is 7.12. The summed E-state index contributed by atoms with van der Waals surface area (Å²) in [6.45, 7) is -0.0210. The molecule has 0 bridgehead atoms. The van der Waals surface area contributed by atoms with Crippen LogP contribution in [0, 0.1) is 5.92 Å². The lowest BCUT2D eigenvalue weighted by molar-refractivity contribution is 0.273. The van der Waals surface area contributed by atoms with Crippen LogP contribution in [0.5, 0.6) is 0 Å².